The molecular formula is C18H34N4O2. The fourth-order valence-electron chi connectivity index (χ4n) is 3.23. The second-order valence-corrected chi connectivity index (χ2v) is 7.98. The van der Waals surface area contributed by atoms with E-state index in [9.17, 15) is 4.79 Å². The van der Waals surface area contributed by atoms with Gasteiger partial charge in [-0.15, -0.1) is 0 Å². The highest BCUT2D eigenvalue weighted by Crippen LogP contribution is 2.33. The van der Waals surface area contributed by atoms with E-state index < -0.39 is 0 Å². The Morgan fingerprint density at radius 3 is 2.58 bits per heavy atom. The SMILES string of the molecule is CCNC(=NCC(=O)NC1CC1)NCC1CCCOC1C(C)(C)C. The minimum Gasteiger partial charge on any atom is -0.377 e. The Morgan fingerprint density at radius 2 is 1.96 bits per heavy atom. The van der Waals surface area contributed by atoms with E-state index in [4.69, 9.17) is 4.74 Å². The fraction of sp³-hybridized carbons (Fsp3) is 0.889. The summed E-state index contributed by atoms with van der Waals surface area (Å²) in [5.74, 6) is 1.17. The number of rotatable bonds is 6. The number of guanidine groups is 1. The van der Waals surface area contributed by atoms with Gasteiger partial charge in [0.1, 0.15) is 6.54 Å². The number of carbonyl (C=O) groups is 1. The third-order valence-electron chi connectivity index (χ3n) is 4.50. The smallest absolute Gasteiger partial charge is 0.242 e. The van der Waals surface area contributed by atoms with Gasteiger partial charge in [0.15, 0.2) is 5.96 Å². The summed E-state index contributed by atoms with van der Waals surface area (Å²) >= 11 is 0. The molecule has 2 unspecified atom stereocenters. The molecule has 2 fully saturated rings. The third-order valence-corrected chi connectivity index (χ3v) is 4.50. The number of hydrogen-bond acceptors (Lipinski definition) is 3. The lowest BCUT2D eigenvalue weighted by atomic mass is 9.78. The molecule has 0 radical (unpaired) electrons. The maximum atomic E-state index is 11.8. The summed E-state index contributed by atoms with van der Waals surface area (Å²) < 4.78 is 6.03. The van der Waals surface area contributed by atoms with Crippen molar-refractivity contribution in [1.82, 2.24) is 16.0 Å². The van der Waals surface area contributed by atoms with Crippen LogP contribution in [-0.2, 0) is 9.53 Å². The number of nitrogens with one attached hydrogen (secondary N) is 3. The minimum atomic E-state index is 0.00303. The van der Waals surface area contributed by atoms with Crippen LogP contribution in [0.2, 0.25) is 0 Å². The van der Waals surface area contributed by atoms with Crippen molar-refractivity contribution in [2.45, 2.75) is 65.5 Å². The van der Waals surface area contributed by atoms with Crippen LogP contribution in [0, 0.1) is 11.3 Å². The van der Waals surface area contributed by atoms with Crippen LogP contribution in [0.15, 0.2) is 4.99 Å². The Labute approximate surface area is 146 Å². The van der Waals surface area contributed by atoms with Crippen LogP contribution in [0.25, 0.3) is 0 Å². The standard InChI is InChI=1S/C18H34N4O2/c1-5-19-17(21-12-15(23)22-14-8-9-14)20-11-13-7-6-10-24-16(13)18(2,3)4/h13-14,16H,5-12H2,1-4H3,(H,22,23)(H2,19,20,21). The molecule has 2 rings (SSSR count). The van der Waals surface area contributed by atoms with Crippen LogP contribution in [0.1, 0.15) is 53.4 Å². The Kier molecular flexibility index (Phi) is 6.90. The van der Waals surface area contributed by atoms with Crippen LogP contribution in [-0.4, -0.2) is 50.3 Å². The zero-order valence-corrected chi connectivity index (χ0v) is 15.7. The fourth-order valence-corrected chi connectivity index (χ4v) is 3.23. The molecule has 1 saturated carbocycles. The molecule has 2 atom stereocenters. The van der Waals surface area contributed by atoms with Gasteiger partial charge in [0.25, 0.3) is 0 Å². The highest BCUT2D eigenvalue weighted by molar-refractivity contribution is 5.85. The van der Waals surface area contributed by atoms with Crippen molar-refractivity contribution in [3.05, 3.63) is 0 Å². The molecule has 2 aliphatic rings. The molecule has 0 aromatic heterocycles. The van der Waals surface area contributed by atoms with Crippen molar-refractivity contribution in [3.8, 4) is 0 Å². The van der Waals surface area contributed by atoms with Gasteiger partial charge in [-0.25, -0.2) is 4.99 Å². The van der Waals surface area contributed by atoms with Crippen LogP contribution < -0.4 is 16.0 Å². The summed E-state index contributed by atoms with van der Waals surface area (Å²) in [6.07, 6.45) is 4.72. The quantitative estimate of drug-likeness (QED) is 0.509. The largest absolute Gasteiger partial charge is 0.377 e. The normalized spacial score (nSPS) is 25.2. The zero-order valence-electron chi connectivity index (χ0n) is 15.7. The third kappa shape index (κ3) is 6.30. The van der Waals surface area contributed by atoms with Crippen molar-refractivity contribution in [3.63, 3.8) is 0 Å². The Hall–Kier alpha value is -1.30. The molecule has 138 valence electrons. The van der Waals surface area contributed by atoms with Gasteiger partial charge < -0.3 is 20.7 Å². The number of nitrogens with zero attached hydrogens (tertiary/aromatic N) is 1. The lowest BCUT2D eigenvalue weighted by molar-refractivity contribution is -0.119. The predicted molar refractivity (Wildman–Crippen MR) is 97.1 cm³/mol. The van der Waals surface area contributed by atoms with Gasteiger partial charge in [0.05, 0.1) is 6.10 Å². The summed E-state index contributed by atoms with van der Waals surface area (Å²) in [6.45, 7) is 11.4. The van der Waals surface area contributed by atoms with Crippen molar-refractivity contribution in [1.29, 1.82) is 0 Å². The first kappa shape index (κ1) is 19.0. The molecule has 1 amide bonds. The number of hydrogen-bond donors (Lipinski definition) is 3. The van der Waals surface area contributed by atoms with Gasteiger partial charge >= 0.3 is 0 Å². The summed E-state index contributed by atoms with van der Waals surface area (Å²) in [6, 6.07) is 0.384. The summed E-state index contributed by atoms with van der Waals surface area (Å²) in [4.78, 5) is 16.2. The van der Waals surface area contributed by atoms with Crippen LogP contribution in [0.4, 0.5) is 0 Å². The molecule has 6 nitrogen and oxygen atoms in total. The van der Waals surface area contributed by atoms with Gasteiger partial charge in [0, 0.05) is 31.7 Å². The van der Waals surface area contributed by atoms with E-state index in [1.54, 1.807) is 0 Å². The predicted octanol–water partition coefficient (Wildman–Crippen LogP) is 1.66. The number of ether oxygens (including phenoxy) is 1. The van der Waals surface area contributed by atoms with E-state index in [0.717, 1.165) is 45.4 Å². The molecule has 24 heavy (non-hydrogen) atoms. The molecule has 6 heteroatoms. The second-order valence-electron chi connectivity index (χ2n) is 7.98. The molecular weight excluding hydrogens is 304 g/mol. The lowest BCUT2D eigenvalue weighted by Crippen LogP contribution is -2.47. The van der Waals surface area contributed by atoms with E-state index in [1.165, 1.54) is 0 Å². The van der Waals surface area contributed by atoms with Crippen molar-refractivity contribution >= 4 is 11.9 Å². The first-order valence-electron chi connectivity index (χ1n) is 9.33. The van der Waals surface area contributed by atoms with Crippen molar-refractivity contribution < 1.29 is 9.53 Å². The molecule has 1 aliphatic carbocycles. The average Bonchev–Trinajstić information content (AvgIpc) is 3.33. The van der Waals surface area contributed by atoms with Crippen molar-refractivity contribution in [2.75, 3.05) is 26.2 Å². The Morgan fingerprint density at radius 1 is 1.21 bits per heavy atom. The van der Waals surface area contributed by atoms with E-state index in [0.29, 0.717) is 17.9 Å². The first-order valence-corrected chi connectivity index (χ1v) is 9.33. The molecule has 3 N–H and O–H groups in total. The summed E-state index contributed by atoms with van der Waals surface area (Å²) in [5, 5.41) is 9.58. The van der Waals surface area contributed by atoms with Gasteiger partial charge in [-0.05, 0) is 38.0 Å². The van der Waals surface area contributed by atoms with E-state index in [1.807, 2.05) is 6.92 Å². The second kappa shape index (κ2) is 8.70. The van der Waals surface area contributed by atoms with Gasteiger partial charge in [-0.2, -0.15) is 0 Å². The minimum absolute atomic E-state index is 0.00303. The van der Waals surface area contributed by atoms with Gasteiger partial charge in [-0.1, -0.05) is 20.8 Å². The van der Waals surface area contributed by atoms with Gasteiger partial charge in [-0.3, -0.25) is 4.79 Å². The average molecular weight is 338 g/mol. The number of carbonyl (C=O) groups excluding carboxylic acids is 1. The van der Waals surface area contributed by atoms with E-state index in [-0.39, 0.29) is 24.0 Å². The lowest BCUT2D eigenvalue weighted by Gasteiger charge is -2.40. The van der Waals surface area contributed by atoms with Crippen LogP contribution in [0.5, 0.6) is 0 Å². The molecule has 1 saturated heterocycles. The zero-order chi connectivity index (χ0) is 17.6. The maximum Gasteiger partial charge on any atom is 0.242 e. The van der Waals surface area contributed by atoms with Crippen LogP contribution >= 0.6 is 0 Å². The molecule has 1 heterocycles. The summed E-state index contributed by atoms with van der Waals surface area (Å²) in [5.41, 5.74) is 0.131. The topological polar surface area (TPSA) is 74.8 Å². The number of aliphatic imine (C=N–C) groups is 1. The first-order chi connectivity index (χ1) is 11.4. The molecule has 0 spiro atoms. The number of amides is 1. The van der Waals surface area contributed by atoms with Crippen molar-refractivity contribution in [2.24, 2.45) is 16.3 Å². The monoisotopic (exact) mass is 338 g/mol. The molecule has 0 bridgehead atoms. The summed E-state index contributed by atoms with van der Waals surface area (Å²) in [7, 11) is 0. The highest BCUT2D eigenvalue weighted by atomic mass is 16.5. The van der Waals surface area contributed by atoms with Gasteiger partial charge in [0.2, 0.25) is 5.91 Å². The Bertz CT molecular complexity index is 441. The molecule has 0 aromatic rings. The van der Waals surface area contributed by atoms with E-state index >= 15 is 0 Å². The van der Waals surface area contributed by atoms with Crippen LogP contribution in [0.3, 0.4) is 0 Å². The Balaban J connectivity index is 1.85. The molecule has 1 aliphatic heterocycles. The molecule has 0 aromatic carbocycles. The maximum absolute atomic E-state index is 11.8. The van der Waals surface area contributed by atoms with E-state index in [2.05, 4.69) is 41.7 Å². The highest BCUT2D eigenvalue weighted by Gasteiger charge is 2.35.